The summed E-state index contributed by atoms with van der Waals surface area (Å²) in [7, 11) is 0. The van der Waals surface area contributed by atoms with Crippen molar-refractivity contribution in [3.63, 3.8) is 0 Å². The van der Waals surface area contributed by atoms with Crippen LogP contribution in [-0.4, -0.2) is 0 Å². The van der Waals surface area contributed by atoms with Crippen LogP contribution in [0.15, 0.2) is 231 Å². The van der Waals surface area contributed by atoms with Gasteiger partial charge in [0.1, 0.15) is 0 Å². The third-order valence-corrected chi connectivity index (χ3v) is 12.6. The first kappa shape index (κ1) is 34.3. The quantitative estimate of drug-likeness (QED) is 0.153. The lowest BCUT2D eigenvalue weighted by Gasteiger charge is -2.19. The summed E-state index contributed by atoms with van der Waals surface area (Å²) in [6.45, 7) is 0. The summed E-state index contributed by atoms with van der Waals surface area (Å²) in [5, 5.41) is 15.2. The molecule has 0 aliphatic rings. The van der Waals surface area contributed by atoms with Gasteiger partial charge in [-0.3, -0.25) is 0 Å². The largest absolute Gasteiger partial charge is 0.0622 e. The Bertz CT molecular complexity index is 3510. The zero-order chi connectivity index (χ0) is 39.6. The molecule has 0 bridgehead atoms. The van der Waals surface area contributed by atoms with Gasteiger partial charge < -0.3 is 0 Å². The van der Waals surface area contributed by atoms with Crippen LogP contribution < -0.4 is 0 Å². The first-order valence-corrected chi connectivity index (χ1v) is 20.8. The summed E-state index contributed by atoms with van der Waals surface area (Å²) in [5.41, 5.74) is 12.5. The van der Waals surface area contributed by atoms with Crippen LogP contribution >= 0.6 is 0 Å². The minimum absolute atomic E-state index is 1.21. The second kappa shape index (κ2) is 13.9. The normalized spacial score (nSPS) is 11.7. The van der Waals surface area contributed by atoms with Crippen molar-refractivity contribution in [2.75, 3.05) is 0 Å². The lowest BCUT2D eigenvalue weighted by molar-refractivity contribution is 1.63. The van der Waals surface area contributed by atoms with Gasteiger partial charge >= 0.3 is 0 Å². The van der Waals surface area contributed by atoms with Crippen LogP contribution in [0, 0.1) is 0 Å². The molecule has 0 atom stereocenters. The van der Waals surface area contributed by atoms with Gasteiger partial charge in [-0.1, -0.05) is 218 Å². The summed E-state index contributed by atoms with van der Waals surface area (Å²) in [4.78, 5) is 0. The number of benzene rings is 12. The molecule has 0 fully saturated rings. The van der Waals surface area contributed by atoms with Gasteiger partial charge in [0.25, 0.3) is 0 Å². The van der Waals surface area contributed by atoms with E-state index < -0.39 is 0 Å². The number of hydrogen-bond donors (Lipinski definition) is 0. The van der Waals surface area contributed by atoms with E-state index in [9.17, 15) is 0 Å². The van der Waals surface area contributed by atoms with Crippen molar-refractivity contribution in [1.82, 2.24) is 0 Å². The van der Waals surface area contributed by atoms with Crippen LogP contribution in [0.2, 0.25) is 0 Å². The lowest BCUT2D eigenvalue weighted by atomic mass is 9.84. The predicted octanol–water partition coefficient (Wildman–Crippen LogP) is 16.9. The van der Waals surface area contributed by atoms with E-state index in [0.29, 0.717) is 0 Å². The fraction of sp³-hybridized carbons (Fsp3) is 0. The third-order valence-electron chi connectivity index (χ3n) is 12.6. The molecule has 0 N–H and O–H groups in total. The molecule has 0 amide bonds. The Morgan fingerprint density at radius 2 is 0.517 bits per heavy atom. The Labute approximate surface area is 349 Å². The van der Waals surface area contributed by atoms with Crippen molar-refractivity contribution in [3.05, 3.63) is 231 Å². The highest BCUT2D eigenvalue weighted by molar-refractivity contribution is 6.24. The van der Waals surface area contributed by atoms with Crippen LogP contribution in [0.25, 0.3) is 120 Å². The average molecular weight is 759 g/mol. The highest BCUT2D eigenvalue weighted by Crippen LogP contribution is 2.47. The molecule has 12 aromatic carbocycles. The maximum Gasteiger partial charge on any atom is -0.00201 e. The van der Waals surface area contributed by atoms with Crippen molar-refractivity contribution < 1.29 is 0 Å². The molecule has 60 heavy (non-hydrogen) atoms. The molecule has 12 aromatic rings. The van der Waals surface area contributed by atoms with Gasteiger partial charge in [-0.2, -0.15) is 0 Å². The van der Waals surface area contributed by atoms with Crippen molar-refractivity contribution >= 4 is 64.6 Å². The maximum absolute atomic E-state index is 2.37. The molecule has 0 radical (unpaired) electrons. The highest BCUT2D eigenvalue weighted by Gasteiger charge is 2.19. The van der Waals surface area contributed by atoms with Gasteiger partial charge in [0.15, 0.2) is 0 Å². The zero-order valence-electron chi connectivity index (χ0n) is 32.9. The van der Waals surface area contributed by atoms with Crippen molar-refractivity contribution in [1.29, 1.82) is 0 Å². The van der Waals surface area contributed by atoms with Gasteiger partial charge in [-0.15, -0.1) is 0 Å². The predicted molar refractivity (Wildman–Crippen MR) is 259 cm³/mol. The molecule has 0 nitrogen and oxygen atoms in total. The SMILES string of the molecule is c1ccc(-c2c3ccccc3c(-c3ccc4cc(-c5ccc(-c6c7ccccc7c(-c7cccc8ccccc78)c7ccccc67)cc5)ccc4c3)c3ccccc23)cc1. The van der Waals surface area contributed by atoms with E-state index in [1.165, 1.54) is 120 Å². The van der Waals surface area contributed by atoms with Crippen molar-refractivity contribution in [2.24, 2.45) is 0 Å². The van der Waals surface area contributed by atoms with Crippen LogP contribution in [0.1, 0.15) is 0 Å². The van der Waals surface area contributed by atoms with Gasteiger partial charge in [-0.25, -0.2) is 0 Å². The Kier molecular flexibility index (Phi) is 7.96. The molecule has 0 aromatic heterocycles. The van der Waals surface area contributed by atoms with Gasteiger partial charge in [0.05, 0.1) is 0 Å². The molecular formula is C60H38. The maximum atomic E-state index is 2.37. The first-order valence-electron chi connectivity index (χ1n) is 20.8. The third kappa shape index (κ3) is 5.46. The summed E-state index contributed by atoms with van der Waals surface area (Å²) < 4.78 is 0. The summed E-state index contributed by atoms with van der Waals surface area (Å²) in [5.74, 6) is 0. The second-order valence-electron chi connectivity index (χ2n) is 15.9. The topological polar surface area (TPSA) is 0 Å². The molecular weight excluding hydrogens is 721 g/mol. The van der Waals surface area contributed by atoms with Gasteiger partial charge in [0, 0.05) is 0 Å². The van der Waals surface area contributed by atoms with Crippen LogP contribution in [-0.2, 0) is 0 Å². The summed E-state index contributed by atoms with van der Waals surface area (Å²) in [6.07, 6.45) is 0. The Morgan fingerprint density at radius 1 is 0.167 bits per heavy atom. The minimum Gasteiger partial charge on any atom is -0.0622 e. The zero-order valence-corrected chi connectivity index (χ0v) is 32.9. The molecule has 0 aliphatic heterocycles. The van der Waals surface area contributed by atoms with Gasteiger partial charge in [0.2, 0.25) is 0 Å². The average Bonchev–Trinajstić information content (AvgIpc) is 3.32. The van der Waals surface area contributed by atoms with E-state index in [0.717, 1.165) is 0 Å². The lowest BCUT2D eigenvalue weighted by Crippen LogP contribution is -1.91. The van der Waals surface area contributed by atoms with Crippen molar-refractivity contribution in [2.45, 2.75) is 0 Å². The molecule has 0 unspecified atom stereocenters. The number of rotatable bonds is 5. The van der Waals surface area contributed by atoms with Crippen molar-refractivity contribution in [3.8, 4) is 55.6 Å². The fourth-order valence-corrected chi connectivity index (χ4v) is 9.94. The molecule has 0 spiro atoms. The Hall–Kier alpha value is -7.80. The van der Waals surface area contributed by atoms with Crippen LogP contribution in [0.4, 0.5) is 0 Å². The highest BCUT2D eigenvalue weighted by atomic mass is 14.2. The standard InChI is InChI=1S/C60H38/c1-2-16-41(17-3-1)57-49-20-6-8-22-51(49)59(52-23-9-7-21-50(52)57)46-36-35-44-37-43(33-34-45(44)38-46)39-29-31-42(32-30-39)58-53-24-10-12-26-55(53)60(56-27-13-11-25-54(56)58)48-28-14-18-40-15-4-5-19-47(40)48/h1-38H. The molecule has 0 saturated carbocycles. The Balaban J connectivity index is 0.949. The second-order valence-corrected chi connectivity index (χ2v) is 15.9. The molecule has 0 saturated heterocycles. The number of hydrogen-bond acceptors (Lipinski definition) is 0. The fourth-order valence-electron chi connectivity index (χ4n) is 9.94. The van der Waals surface area contributed by atoms with Crippen LogP contribution in [0.5, 0.6) is 0 Å². The molecule has 12 rings (SSSR count). The molecule has 0 aliphatic carbocycles. The van der Waals surface area contributed by atoms with E-state index in [1.807, 2.05) is 0 Å². The van der Waals surface area contributed by atoms with E-state index >= 15 is 0 Å². The summed E-state index contributed by atoms with van der Waals surface area (Å²) in [6, 6.07) is 84.9. The number of fused-ring (bicyclic) bond motifs is 6. The van der Waals surface area contributed by atoms with Gasteiger partial charge in [-0.05, 0) is 132 Å². The first-order chi connectivity index (χ1) is 29.8. The molecule has 278 valence electrons. The van der Waals surface area contributed by atoms with Crippen LogP contribution in [0.3, 0.4) is 0 Å². The molecule has 0 heteroatoms. The Morgan fingerprint density at radius 3 is 1.05 bits per heavy atom. The summed E-state index contributed by atoms with van der Waals surface area (Å²) >= 11 is 0. The monoisotopic (exact) mass is 758 g/mol. The van der Waals surface area contributed by atoms with E-state index in [-0.39, 0.29) is 0 Å². The smallest absolute Gasteiger partial charge is 0.00201 e. The van der Waals surface area contributed by atoms with E-state index in [1.54, 1.807) is 0 Å². The molecule has 0 heterocycles. The van der Waals surface area contributed by atoms with E-state index in [2.05, 4.69) is 231 Å². The minimum atomic E-state index is 1.21. The van der Waals surface area contributed by atoms with E-state index in [4.69, 9.17) is 0 Å².